The first-order chi connectivity index (χ1) is 12.5. The van der Waals surface area contributed by atoms with Crippen molar-refractivity contribution in [2.45, 2.75) is 39.2 Å². The Morgan fingerprint density at radius 1 is 1.26 bits per heavy atom. The number of nitrogens with zero attached hydrogens (tertiary/aromatic N) is 3. The molecule has 0 fully saturated rings. The standard InChI is InChI=1S/C18H26BrN5O2.HI/c1-12(2)17-23-16(26-24-17)9-10-21-18(20-4)22-11-13(3)25-15-8-6-5-7-14(15)19;/h5-8,12-13H,9-11H2,1-4H3,(H2,20,21,22);1H. The Balaban J connectivity index is 0.00000364. The maximum Gasteiger partial charge on any atom is 0.228 e. The van der Waals surface area contributed by atoms with E-state index in [2.05, 4.69) is 41.7 Å². The van der Waals surface area contributed by atoms with Gasteiger partial charge < -0.3 is 19.9 Å². The summed E-state index contributed by atoms with van der Waals surface area (Å²) in [6.45, 7) is 7.36. The van der Waals surface area contributed by atoms with Gasteiger partial charge in [0.25, 0.3) is 0 Å². The van der Waals surface area contributed by atoms with E-state index in [-0.39, 0.29) is 36.0 Å². The molecule has 0 saturated carbocycles. The molecule has 0 aliphatic rings. The van der Waals surface area contributed by atoms with Gasteiger partial charge in [-0.3, -0.25) is 4.99 Å². The van der Waals surface area contributed by atoms with Crippen LogP contribution in [0, 0.1) is 0 Å². The van der Waals surface area contributed by atoms with Gasteiger partial charge in [-0.05, 0) is 35.0 Å². The highest BCUT2D eigenvalue weighted by atomic mass is 127. The van der Waals surface area contributed by atoms with Gasteiger partial charge in [-0.2, -0.15) is 4.98 Å². The Hall–Kier alpha value is -1.36. The third kappa shape index (κ3) is 8.04. The summed E-state index contributed by atoms with van der Waals surface area (Å²) < 4.78 is 12.1. The molecule has 0 saturated heterocycles. The molecule has 7 nitrogen and oxygen atoms in total. The van der Waals surface area contributed by atoms with Crippen molar-refractivity contribution in [2.24, 2.45) is 4.99 Å². The van der Waals surface area contributed by atoms with E-state index in [1.54, 1.807) is 7.05 Å². The number of ether oxygens (including phenoxy) is 1. The Morgan fingerprint density at radius 2 is 2.00 bits per heavy atom. The Kier molecular flexibility index (Phi) is 10.7. The summed E-state index contributed by atoms with van der Waals surface area (Å²) in [5.41, 5.74) is 0. The summed E-state index contributed by atoms with van der Waals surface area (Å²) in [6.07, 6.45) is 0.625. The molecule has 9 heteroatoms. The number of para-hydroxylation sites is 1. The molecule has 150 valence electrons. The van der Waals surface area contributed by atoms with Crippen molar-refractivity contribution in [3.63, 3.8) is 0 Å². The van der Waals surface area contributed by atoms with Crippen LogP contribution in [0.15, 0.2) is 38.3 Å². The van der Waals surface area contributed by atoms with Crippen molar-refractivity contribution in [1.82, 2.24) is 20.8 Å². The lowest BCUT2D eigenvalue weighted by Crippen LogP contribution is -2.42. The van der Waals surface area contributed by atoms with Crippen molar-refractivity contribution in [1.29, 1.82) is 0 Å². The van der Waals surface area contributed by atoms with E-state index >= 15 is 0 Å². The molecule has 2 N–H and O–H groups in total. The number of nitrogens with one attached hydrogen (secondary N) is 2. The molecule has 1 aromatic carbocycles. The van der Waals surface area contributed by atoms with Gasteiger partial charge in [-0.1, -0.05) is 31.1 Å². The van der Waals surface area contributed by atoms with Gasteiger partial charge >= 0.3 is 0 Å². The smallest absolute Gasteiger partial charge is 0.228 e. The van der Waals surface area contributed by atoms with Crippen LogP contribution in [-0.4, -0.2) is 42.3 Å². The minimum atomic E-state index is -0.0169. The predicted octanol–water partition coefficient (Wildman–Crippen LogP) is 3.75. The lowest BCUT2D eigenvalue weighted by Gasteiger charge is -2.18. The van der Waals surface area contributed by atoms with Crippen molar-refractivity contribution >= 4 is 45.9 Å². The number of aromatic nitrogens is 2. The Bertz CT molecular complexity index is 723. The van der Waals surface area contributed by atoms with Crippen LogP contribution >= 0.6 is 39.9 Å². The molecule has 0 aliphatic carbocycles. The minimum absolute atomic E-state index is 0. The van der Waals surface area contributed by atoms with Gasteiger partial charge in [-0.25, -0.2) is 0 Å². The molecule has 1 aromatic heterocycles. The average molecular weight is 552 g/mol. The second kappa shape index (κ2) is 12.2. The van der Waals surface area contributed by atoms with Crippen LogP contribution < -0.4 is 15.4 Å². The zero-order valence-electron chi connectivity index (χ0n) is 16.0. The summed E-state index contributed by atoms with van der Waals surface area (Å²) in [7, 11) is 1.73. The fraction of sp³-hybridized carbons (Fsp3) is 0.500. The second-order valence-corrected chi connectivity index (χ2v) is 7.04. The lowest BCUT2D eigenvalue weighted by atomic mass is 10.2. The third-order valence-corrected chi connectivity index (χ3v) is 4.23. The van der Waals surface area contributed by atoms with E-state index in [1.807, 2.05) is 45.0 Å². The molecule has 0 bridgehead atoms. The van der Waals surface area contributed by atoms with Gasteiger partial charge in [0.05, 0.1) is 11.0 Å². The SMILES string of the molecule is CN=C(NCCc1nc(C(C)C)no1)NCC(C)Oc1ccccc1Br.I. The van der Waals surface area contributed by atoms with Gasteiger partial charge in [0.1, 0.15) is 11.9 Å². The molecule has 27 heavy (non-hydrogen) atoms. The number of hydrogen-bond donors (Lipinski definition) is 2. The highest BCUT2D eigenvalue weighted by Crippen LogP contribution is 2.24. The number of rotatable bonds is 8. The van der Waals surface area contributed by atoms with E-state index in [4.69, 9.17) is 9.26 Å². The summed E-state index contributed by atoms with van der Waals surface area (Å²) in [5, 5.41) is 10.4. The first-order valence-corrected chi connectivity index (χ1v) is 9.47. The number of aliphatic imine (C=N–C) groups is 1. The minimum Gasteiger partial charge on any atom is -0.488 e. The van der Waals surface area contributed by atoms with E-state index in [1.165, 1.54) is 0 Å². The topological polar surface area (TPSA) is 84.6 Å². The quantitative estimate of drug-likeness (QED) is 0.295. The molecule has 1 atom stereocenters. The fourth-order valence-electron chi connectivity index (χ4n) is 2.15. The molecule has 0 aliphatic heterocycles. The van der Waals surface area contributed by atoms with E-state index in [9.17, 15) is 0 Å². The molecule has 2 rings (SSSR count). The van der Waals surface area contributed by atoms with Crippen LogP contribution in [0.25, 0.3) is 0 Å². The van der Waals surface area contributed by atoms with Crippen molar-refractivity contribution < 1.29 is 9.26 Å². The maximum atomic E-state index is 5.91. The van der Waals surface area contributed by atoms with E-state index in [0.717, 1.165) is 16.0 Å². The van der Waals surface area contributed by atoms with Gasteiger partial charge in [0.15, 0.2) is 11.8 Å². The third-order valence-electron chi connectivity index (χ3n) is 3.58. The molecule has 2 aromatic rings. The van der Waals surface area contributed by atoms with Gasteiger partial charge in [-0.15, -0.1) is 24.0 Å². The van der Waals surface area contributed by atoms with Crippen LogP contribution in [0.4, 0.5) is 0 Å². The monoisotopic (exact) mass is 551 g/mol. The summed E-state index contributed by atoms with van der Waals surface area (Å²) in [6, 6.07) is 7.80. The van der Waals surface area contributed by atoms with E-state index < -0.39 is 0 Å². The zero-order chi connectivity index (χ0) is 18.9. The molecule has 0 radical (unpaired) electrons. The largest absolute Gasteiger partial charge is 0.488 e. The zero-order valence-corrected chi connectivity index (χ0v) is 19.9. The number of benzene rings is 1. The highest BCUT2D eigenvalue weighted by Gasteiger charge is 2.10. The number of halogens is 2. The van der Waals surface area contributed by atoms with Crippen LogP contribution in [-0.2, 0) is 6.42 Å². The summed E-state index contributed by atoms with van der Waals surface area (Å²) in [5.74, 6) is 3.15. The molecular weight excluding hydrogens is 525 g/mol. The highest BCUT2D eigenvalue weighted by molar-refractivity contribution is 14.0. The maximum absolute atomic E-state index is 5.91. The van der Waals surface area contributed by atoms with Crippen molar-refractivity contribution in [3.05, 3.63) is 40.5 Å². The molecule has 1 heterocycles. The molecular formula is C18H27BrIN5O2. The second-order valence-electron chi connectivity index (χ2n) is 6.19. The average Bonchev–Trinajstić information content (AvgIpc) is 3.09. The van der Waals surface area contributed by atoms with Crippen LogP contribution in [0.3, 0.4) is 0 Å². The normalized spacial score (nSPS) is 12.4. The number of hydrogen-bond acceptors (Lipinski definition) is 5. The van der Waals surface area contributed by atoms with Gasteiger partial charge in [0, 0.05) is 25.9 Å². The van der Waals surface area contributed by atoms with Crippen LogP contribution in [0.5, 0.6) is 5.75 Å². The molecule has 1 unspecified atom stereocenters. The first-order valence-electron chi connectivity index (χ1n) is 8.67. The van der Waals surface area contributed by atoms with Crippen molar-refractivity contribution in [3.8, 4) is 5.75 Å². The van der Waals surface area contributed by atoms with Crippen molar-refractivity contribution in [2.75, 3.05) is 20.1 Å². The van der Waals surface area contributed by atoms with Gasteiger partial charge in [0.2, 0.25) is 5.89 Å². The molecule has 0 amide bonds. The number of guanidine groups is 1. The lowest BCUT2D eigenvalue weighted by molar-refractivity contribution is 0.222. The first kappa shape index (κ1) is 23.7. The van der Waals surface area contributed by atoms with Crippen LogP contribution in [0.2, 0.25) is 0 Å². The van der Waals surface area contributed by atoms with E-state index in [0.29, 0.717) is 31.4 Å². The molecule has 0 spiro atoms. The fourth-order valence-corrected chi connectivity index (χ4v) is 2.53. The van der Waals surface area contributed by atoms with Crippen LogP contribution in [0.1, 0.15) is 38.4 Å². The Morgan fingerprint density at radius 3 is 2.63 bits per heavy atom. The predicted molar refractivity (Wildman–Crippen MR) is 121 cm³/mol. The summed E-state index contributed by atoms with van der Waals surface area (Å²) in [4.78, 5) is 8.57. The summed E-state index contributed by atoms with van der Waals surface area (Å²) >= 11 is 3.48. The Labute approximate surface area is 185 Å².